The molecule has 1 N–H and O–H groups in total. The Bertz CT molecular complexity index is 938. The van der Waals surface area contributed by atoms with Crippen LogP contribution in [0.2, 0.25) is 0 Å². The second-order valence-corrected chi connectivity index (χ2v) is 5.21. The molecule has 5 nitrogen and oxygen atoms in total. The summed E-state index contributed by atoms with van der Waals surface area (Å²) in [4.78, 5) is 25.7. The molecule has 0 unspecified atom stereocenters. The molecule has 0 bridgehead atoms. The Morgan fingerprint density at radius 1 is 1.17 bits per heavy atom. The van der Waals surface area contributed by atoms with E-state index in [0.29, 0.717) is 11.1 Å². The summed E-state index contributed by atoms with van der Waals surface area (Å²) < 4.78 is 0. The number of aromatic nitrogens is 1. The molecule has 3 rings (SSSR count). The van der Waals surface area contributed by atoms with E-state index in [2.05, 4.69) is 4.98 Å². The van der Waals surface area contributed by atoms with Gasteiger partial charge in [-0.15, -0.1) is 0 Å². The number of non-ortho nitro benzene ring substituents is 1. The number of allylic oxidation sites excluding steroid dienone is 1. The molecule has 1 aromatic heterocycles. The molecule has 2 aromatic carbocycles. The number of carbonyl (C=O) groups is 1. The summed E-state index contributed by atoms with van der Waals surface area (Å²) in [5.74, 6) is -0.0961. The summed E-state index contributed by atoms with van der Waals surface area (Å²) in [7, 11) is 0. The van der Waals surface area contributed by atoms with Crippen LogP contribution >= 0.6 is 0 Å². The lowest BCUT2D eigenvalue weighted by molar-refractivity contribution is -0.384. The number of nitro benzene ring substituents is 1. The van der Waals surface area contributed by atoms with E-state index in [1.54, 1.807) is 24.4 Å². The maximum atomic E-state index is 12.1. The second kappa shape index (κ2) is 5.88. The van der Waals surface area contributed by atoms with Gasteiger partial charge in [0, 0.05) is 40.4 Å². The first kappa shape index (κ1) is 14.7. The van der Waals surface area contributed by atoms with Crippen molar-refractivity contribution in [1.29, 1.82) is 0 Å². The highest BCUT2D eigenvalue weighted by Crippen LogP contribution is 2.28. The third-order valence-electron chi connectivity index (χ3n) is 3.65. The normalized spacial score (nSPS) is 11.6. The monoisotopic (exact) mass is 306 g/mol. The van der Waals surface area contributed by atoms with Crippen LogP contribution in [0.4, 0.5) is 5.69 Å². The third kappa shape index (κ3) is 2.89. The molecule has 0 aliphatic rings. The minimum absolute atomic E-state index is 0.000536. The Morgan fingerprint density at radius 3 is 2.70 bits per heavy atom. The van der Waals surface area contributed by atoms with Gasteiger partial charge in [0.15, 0.2) is 5.78 Å². The number of aromatic amines is 1. The molecule has 114 valence electrons. The van der Waals surface area contributed by atoms with Gasteiger partial charge in [0.25, 0.3) is 5.69 Å². The Morgan fingerprint density at radius 2 is 1.96 bits per heavy atom. The fourth-order valence-electron chi connectivity index (χ4n) is 2.56. The SMILES string of the molecule is CC(=O)/C(=C\c1cccc([N+](=O)[O-])c1)c1c[nH]c2ccccc12. The molecule has 0 spiro atoms. The number of fused-ring (bicyclic) bond motifs is 1. The van der Waals surface area contributed by atoms with Crippen LogP contribution in [0.25, 0.3) is 22.6 Å². The van der Waals surface area contributed by atoms with Gasteiger partial charge in [0.2, 0.25) is 0 Å². The van der Waals surface area contributed by atoms with E-state index >= 15 is 0 Å². The van der Waals surface area contributed by atoms with Crippen molar-refractivity contribution in [3.05, 3.63) is 76.0 Å². The molecule has 0 saturated heterocycles. The standard InChI is InChI=1S/C18H14N2O3/c1-12(21)16(10-13-5-4-6-14(9-13)20(22)23)17-11-19-18-8-3-2-7-15(17)18/h2-11,19H,1H3/b16-10+. The molecule has 5 heteroatoms. The van der Waals surface area contributed by atoms with Gasteiger partial charge in [-0.1, -0.05) is 30.3 Å². The van der Waals surface area contributed by atoms with E-state index in [4.69, 9.17) is 0 Å². The molecular formula is C18H14N2O3. The largest absolute Gasteiger partial charge is 0.361 e. The van der Waals surface area contributed by atoms with Crippen molar-refractivity contribution in [3.63, 3.8) is 0 Å². The van der Waals surface area contributed by atoms with Gasteiger partial charge >= 0.3 is 0 Å². The molecule has 0 fully saturated rings. The molecule has 0 aliphatic heterocycles. The molecular weight excluding hydrogens is 292 g/mol. The van der Waals surface area contributed by atoms with Gasteiger partial charge < -0.3 is 4.98 Å². The van der Waals surface area contributed by atoms with E-state index in [-0.39, 0.29) is 11.5 Å². The predicted molar refractivity (Wildman–Crippen MR) is 89.9 cm³/mol. The number of H-pyrrole nitrogens is 1. The van der Waals surface area contributed by atoms with E-state index < -0.39 is 4.92 Å². The number of benzene rings is 2. The number of hydrogen-bond acceptors (Lipinski definition) is 3. The van der Waals surface area contributed by atoms with Crippen LogP contribution in [-0.4, -0.2) is 15.7 Å². The van der Waals surface area contributed by atoms with Crippen molar-refractivity contribution in [1.82, 2.24) is 4.98 Å². The van der Waals surface area contributed by atoms with E-state index in [0.717, 1.165) is 16.5 Å². The van der Waals surface area contributed by atoms with Gasteiger partial charge in [0.1, 0.15) is 0 Å². The molecule has 0 aliphatic carbocycles. The van der Waals surface area contributed by atoms with E-state index in [1.807, 2.05) is 24.3 Å². The second-order valence-electron chi connectivity index (χ2n) is 5.21. The van der Waals surface area contributed by atoms with Gasteiger partial charge in [0.05, 0.1) is 4.92 Å². The van der Waals surface area contributed by atoms with Crippen LogP contribution in [0.5, 0.6) is 0 Å². The summed E-state index contributed by atoms with van der Waals surface area (Å²) >= 11 is 0. The van der Waals surface area contributed by atoms with Crippen molar-refractivity contribution < 1.29 is 9.72 Å². The van der Waals surface area contributed by atoms with E-state index in [9.17, 15) is 14.9 Å². The minimum Gasteiger partial charge on any atom is -0.361 e. The maximum Gasteiger partial charge on any atom is 0.270 e. The van der Waals surface area contributed by atoms with Crippen molar-refractivity contribution in [2.75, 3.05) is 0 Å². The summed E-state index contributed by atoms with van der Waals surface area (Å²) in [6, 6.07) is 13.9. The van der Waals surface area contributed by atoms with Crippen LogP contribution in [0.15, 0.2) is 54.7 Å². The molecule has 1 heterocycles. The average Bonchev–Trinajstić information content (AvgIpc) is 2.96. The van der Waals surface area contributed by atoms with Crippen molar-refractivity contribution in [2.24, 2.45) is 0 Å². The molecule has 23 heavy (non-hydrogen) atoms. The first-order valence-electron chi connectivity index (χ1n) is 7.10. The van der Waals surface area contributed by atoms with Crippen LogP contribution in [0, 0.1) is 10.1 Å². The summed E-state index contributed by atoms with van der Waals surface area (Å²) in [5.41, 5.74) is 2.87. The Balaban J connectivity index is 2.14. The average molecular weight is 306 g/mol. The number of nitro groups is 1. The Labute approximate surface area is 132 Å². The van der Waals surface area contributed by atoms with Gasteiger partial charge in [-0.3, -0.25) is 14.9 Å². The smallest absolute Gasteiger partial charge is 0.270 e. The topological polar surface area (TPSA) is 76.0 Å². The number of Topliss-reactive ketones (excluding diaryl/α,β-unsaturated/α-hetero) is 1. The van der Waals surface area contributed by atoms with E-state index in [1.165, 1.54) is 19.1 Å². The number of hydrogen-bond donors (Lipinski definition) is 1. The number of para-hydroxylation sites is 1. The summed E-state index contributed by atoms with van der Waals surface area (Å²) in [6.07, 6.45) is 3.47. The molecule has 0 radical (unpaired) electrons. The quantitative estimate of drug-likeness (QED) is 0.446. The lowest BCUT2D eigenvalue weighted by Gasteiger charge is -2.03. The highest BCUT2D eigenvalue weighted by molar-refractivity contribution is 6.27. The highest BCUT2D eigenvalue weighted by Gasteiger charge is 2.13. The lowest BCUT2D eigenvalue weighted by Crippen LogP contribution is -1.95. The zero-order chi connectivity index (χ0) is 16.4. The molecule has 0 saturated carbocycles. The molecule has 0 amide bonds. The number of nitrogens with one attached hydrogen (secondary N) is 1. The fourth-order valence-corrected chi connectivity index (χ4v) is 2.56. The highest BCUT2D eigenvalue weighted by atomic mass is 16.6. The Kier molecular flexibility index (Phi) is 3.76. The Hall–Kier alpha value is -3.21. The van der Waals surface area contributed by atoms with Crippen LogP contribution in [-0.2, 0) is 4.79 Å². The minimum atomic E-state index is -0.448. The number of carbonyl (C=O) groups excluding carboxylic acids is 1. The first-order valence-corrected chi connectivity index (χ1v) is 7.10. The molecule has 3 aromatic rings. The number of ketones is 1. The van der Waals surface area contributed by atoms with Crippen molar-refractivity contribution >= 4 is 34.0 Å². The van der Waals surface area contributed by atoms with Crippen LogP contribution in [0.3, 0.4) is 0 Å². The van der Waals surface area contributed by atoms with Crippen molar-refractivity contribution in [3.8, 4) is 0 Å². The fraction of sp³-hybridized carbons (Fsp3) is 0.0556. The number of nitrogens with zero attached hydrogens (tertiary/aromatic N) is 1. The van der Waals surface area contributed by atoms with Crippen LogP contribution in [0.1, 0.15) is 18.1 Å². The zero-order valence-electron chi connectivity index (χ0n) is 12.4. The van der Waals surface area contributed by atoms with Gasteiger partial charge in [-0.2, -0.15) is 0 Å². The van der Waals surface area contributed by atoms with Crippen LogP contribution < -0.4 is 0 Å². The summed E-state index contributed by atoms with van der Waals surface area (Å²) in [6.45, 7) is 1.49. The third-order valence-corrected chi connectivity index (χ3v) is 3.65. The maximum absolute atomic E-state index is 12.1. The predicted octanol–water partition coefficient (Wildman–Crippen LogP) is 4.21. The van der Waals surface area contributed by atoms with Crippen molar-refractivity contribution in [2.45, 2.75) is 6.92 Å². The number of rotatable bonds is 4. The van der Waals surface area contributed by atoms with Gasteiger partial charge in [-0.05, 0) is 24.6 Å². The zero-order valence-corrected chi connectivity index (χ0v) is 12.4. The lowest BCUT2D eigenvalue weighted by atomic mass is 9.99. The first-order chi connectivity index (χ1) is 11.1. The molecule has 0 atom stereocenters. The summed E-state index contributed by atoms with van der Waals surface area (Å²) in [5, 5.41) is 11.8. The van der Waals surface area contributed by atoms with Gasteiger partial charge in [-0.25, -0.2) is 0 Å².